The normalized spacial score (nSPS) is 8.31. The Balaban J connectivity index is 0.000000671. The third-order valence-corrected chi connectivity index (χ3v) is 1.43. The molecule has 0 aliphatic carbocycles. The lowest BCUT2D eigenvalue weighted by Gasteiger charge is -2.00. The molecule has 0 N–H and O–H groups in total. The summed E-state index contributed by atoms with van der Waals surface area (Å²) >= 11 is 0. The molecule has 0 saturated heterocycles. The Hall–Kier alpha value is -1.38. The van der Waals surface area contributed by atoms with E-state index < -0.39 is 0 Å². The molecule has 1 rings (SSSR count). The van der Waals surface area contributed by atoms with Crippen molar-refractivity contribution in [3.63, 3.8) is 0 Å². The standard InChI is InChI=1S/C8H9NO2.C2H6/c1-6-5-9-4-3-7(6)8(10)11-2;1-2/h3-5H,1-2H3;1-2H3. The van der Waals surface area contributed by atoms with E-state index in [4.69, 9.17) is 0 Å². The van der Waals surface area contributed by atoms with Crippen molar-refractivity contribution >= 4 is 5.97 Å². The van der Waals surface area contributed by atoms with Crippen LogP contribution in [0.15, 0.2) is 18.5 Å². The van der Waals surface area contributed by atoms with E-state index in [1.54, 1.807) is 18.5 Å². The van der Waals surface area contributed by atoms with Crippen molar-refractivity contribution in [2.75, 3.05) is 7.11 Å². The molecule has 1 heterocycles. The van der Waals surface area contributed by atoms with E-state index in [2.05, 4.69) is 9.72 Å². The summed E-state index contributed by atoms with van der Waals surface area (Å²) in [4.78, 5) is 14.8. The van der Waals surface area contributed by atoms with Gasteiger partial charge in [0.25, 0.3) is 0 Å². The number of ether oxygens (including phenoxy) is 1. The first-order valence-electron chi connectivity index (χ1n) is 4.24. The van der Waals surface area contributed by atoms with Gasteiger partial charge in [-0.05, 0) is 18.6 Å². The predicted octanol–water partition coefficient (Wildman–Crippen LogP) is 2.20. The second-order valence-corrected chi connectivity index (χ2v) is 2.18. The molecule has 0 amide bonds. The van der Waals surface area contributed by atoms with Crippen LogP contribution in [0.5, 0.6) is 0 Å². The first-order valence-corrected chi connectivity index (χ1v) is 4.24. The van der Waals surface area contributed by atoms with Gasteiger partial charge >= 0.3 is 5.97 Å². The van der Waals surface area contributed by atoms with Crippen molar-refractivity contribution in [2.24, 2.45) is 0 Å². The van der Waals surface area contributed by atoms with Gasteiger partial charge in [0.05, 0.1) is 12.7 Å². The third kappa shape index (κ3) is 3.23. The van der Waals surface area contributed by atoms with Gasteiger partial charge in [-0.1, -0.05) is 13.8 Å². The highest BCUT2D eigenvalue weighted by Crippen LogP contribution is 2.05. The molecule has 3 heteroatoms. The maximum Gasteiger partial charge on any atom is 0.338 e. The van der Waals surface area contributed by atoms with E-state index in [1.165, 1.54) is 7.11 Å². The lowest BCUT2D eigenvalue weighted by atomic mass is 10.2. The fourth-order valence-electron chi connectivity index (χ4n) is 0.812. The summed E-state index contributed by atoms with van der Waals surface area (Å²) < 4.78 is 4.55. The van der Waals surface area contributed by atoms with E-state index in [9.17, 15) is 4.79 Å². The highest BCUT2D eigenvalue weighted by atomic mass is 16.5. The molecule has 0 bridgehead atoms. The number of carbonyl (C=O) groups excluding carboxylic acids is 1. The lowest BCUT2D eigenvalue weighted by molar-refractivity contribution is 0.0600. The zero-order valence-electron chi connectivity index (χ0n) is 8.50. The monoisotopic (exact) mass is 181 g/mol. The van der Waals surface area contributed by atoms with E-state index in [-0.39, 0.29) is 5.97 Å². The molecule has 1 aromatic rings. The Kier molecular flexibility index (Phi) is 5.52. The molecule has 0 saturated carbocycles. The average Bonchev–Trinajstić information content (AvgIpc) is 2.20. The smallest absolute Gasteiger partial charge is 0.338 e. The summed E-state index contributed by atoms with van der Waals surface area (Å²) in [5.41, 5.74) is 1.40. The molecule has 0 aromatic carbocycles. The van der Waals surface area contributed by atoms with Gasteiger partial charge in [-0.25, -0.2) is 4.79 Å². The SMILES string of the molecule is CC.COC(=O)c1ccncc1C. The number of aryl methyl sites for hydroxylation is 1. The van der Waals surface area contributed by atoms with Crippen molar-refractivity contribution in [2.45, 2.75) is 20.8 Å². The number of nitrogens with zero attached hydrogens (tertiary/aromatic N) is 1. The van der Waals surface area contributed by atoms with E-state index >= 15 is 0 Å². The molecule has 0 spiro atoms. The molecule has 3 nitrogen and oxygen atoms in total. The Morgan fingerprint density at radius 3 is 2.54 bits per heavy atom. The summed E-state index contributed by atoms with van der Waals surface area (Å²) in [5, 5.41) is 0. The summed E-state index contributed by atoms with van der Waals surface area (Å²) in [6.07, 6.45) is 3.20. The number of pyridine rings is 1. The van der Waals surface area contributed by atoms with Gasteiger partial charge < -0.3 is 4.74 Å². The van der Waals surface area contributed by atoms with Gasteiger partial charge in [-0.3, -0.25) is 4.98 Å². The maximum atomic E-state index is 11.0. The highest BCUT2D eigenvalue weighted by Gasteiger charge is 2.06. The number of rotatable bonds is 1. The maximum absolute atomic E-state index is 11.0. The van der Waals surface area contributed by atoms with E-state index in [1.807, 2.05) is 20.8 Å². The van der Waals surface area contributed by atoms with Crippen LogP contribution in [0, 0.1) is 6.92 Å². The Morgan fingerprint density at radius 2 is 2.08 bits per heavy atom. The van der Waals surface area contributed by atoms with Crippen LogP contribution >= 0.6 is 0 Å². The molecule has 13 heavy (non-hydrogen) atoms. The second kappa shape index (κ2) is 6.17. The number of esters is 1. The van der Waals surface area contributed by atoms with Crippen molar-refractivity contribution in [1.82, 2.24) is 4.98 Å². The predicted molar refractivity (Wildman–Crippen MR) is 51.7 cm³/mol. The van der Waals surface area contributed by atoms with Crippen LogP contribution in [0.2, 0.25) is 0 Å². The summed E-state index contributed by atoms with van der Waals surface area (Å²) in [6.45, 7) is 5.82. The first kappa shape index (κ1) is 11.6. The Bertz CT molecular complexity index is 271. The van der Waals surface area contributed by atoms with Crippen LogP contribution in [0.1, 0.15) is 29.8 Å². The summed E-state index contributed by atoms with van der Waals surface area (Å²) in [5.74, 6) is -0.315. The van der Waals surface area contributed by atoms with Crippen molar-refractivity contribution in [1.29, 1.82) is 0 Å². The number of aromatic nitrogens is 1. The fraction of sp³-hybridized carbons (Fsp3) is 0.400. The molecule has 0 radical (unpaired) electrons. The first-order chi connectivity index (χ1) is 6.25. The molecule has 0 aliphatic rings. The number of hydrogen-bond donors (Lipinski definition) is 0. The van der Waals surface area contributed by atoms with Gasteiger partial charge in [-0.15, -0.1) is 0 Å². The minimum absolute atomic E-state index is 0.315. The Morgan fingerprint density at radius 1 is 1.46 bits per heavy atom. The molecule has 0 fully saturated rings. The van der Waals surface area contributed by atoms with Crippen LogP contribution in [0.4, 0.5) is 0 Å². The van der Waals surface area contributed by atoms with Gasteiger partial charge in [-0.2, -0.15) is 0 Å². The number of methoxy groups -OCH3 is 1. The average molecular weight is 181 g/mol. The lowest BCUT2D eigenvalue weighted by Crippen LogP contribution is -2.03. The van der Waals surface area contributed by atoms with Crippen LogP contribution in [0.25, 0.3) is 0 Å². The minimum atomic E-state index is -0.315. The molecule has 0 unspecified atom stereocenters. The van der Waals surface area contributed by atoms with E-state index in [0.717, 1.165) is 5.56 Å². The number of hydrogen-bond acceptors (Lipinski definition) is 3. The second-order valence-electron chi connectivity index (χ2n) is 2.18. The van der Waals surface area contributed by atoms with E-state index in [0.29, 0.717) is 5.56 Å². The molecular formula is C10H15NO2. The topological polar surface area (TPSA) is 39.2 Å². The molecule has 0 atom stereocenters. The highest BCUT2D eigenvalue weighted by molar-refractivity contribution is 5.90. The third-order valence-electron chi connectivity index (χ3n) is 1.43. The molecule has 72 valence electrons. The summed E-state index contributed by atoms with van der Waals surface area (Å²) in [6, 6.07) is 1.64. The van der Waals surface area contributed by atoms with Gasteiger partial charge in [0.15, 0.2) is 0 Å². The van der Waals surface area contributed by atoms with Crippen LogP contribution < -0.4 is 0 Å². The van der Waals surface area contributed by atoms with Crippen LogP contribution in [-0.2, 0) is 4.74 Å². The van der Waals surface area contributed by atoms with Gasteiger partial charge in [0.2, 0.25) is 0 Å². The largest absolute Gasteiger partial charge is 0.465 e. The zero-order valence-corrected chi connectivity index (χ0v) is 8.50. The van der Waals surface area contributed by atoms with Crippen molar-refractivity contribution in [3.05, 3.63) is 29.6 Å². The Labute approximate surface area is 78.8 Å². The quantitative estimate of drug-likeness (QED) is 0.623. The number of carbonyl (C=O) groups is 1. The molecule has 0 aliphatic heterocycles. The van der Waals surface area contributed by atoms with Gasteiger partial charge in [0, 0.05) is 12.4 Å². The zero-order chi connectivity index (χ0) is 10.3. The van der Waals surface area contributed by atoms with Gasteiger partial charge in [0.1, 0.15) is 0 Å². The minimum Gasteiger partial charge on any atom is -0.465 e. The fourth-order valence-corrected chi connectivity index (χ4v) is 0.812. The van der Waals surface area contributed by atoms with Crippen molar-refractivity contribution < 1.29 is 9.53 Å². The van der Waals surface area contributed by atoms with Crippen LogP contribution in [0.3, 0.4) is 0 Å². The summed E-state index contributed by atoms with van der Waals surface area (Å²) in [7, 11) is 1.36. The van der Waals surface area contributed by atoms with Crippen molar-refractivity contribution in [3.8, 4) is 0 Å². The molecular weight excluding hydrogens is 166 g/mol. The van der Waals surface area contributed by atoms with Crippen LogP contribution in [-0.4, -0.2) is 18.1 Å². The molecule has 1 aromatic heterocycles.